The minimum atomic E-state index is 0.247. The second-order valence-electron chi connectivity index (χ2n) is 5.26. The largest absolute Gasteiger partial charge is 0.377 e. The molecule has 2 fully saturated rings. The molecular formula is C14H21NO2S. The van der Waals surface area contributed by atoms with E-state index in [-0.39, 0.29) is 12.2 Å². The van der Waals surface area contributed by atoms with Gasteiger partial charge in [0.05, 0.1) is 6.10 Å². The number of methoxy groups -OCH3 is 1. The molecule has 2 aliphatic rings. The first-order valence-corrected chi connectivity index (χ1v) is 7.53. The van der Waals surface area contributed by atoms with E-state index in [1.165, 1.54) is 22.6 Å². The second kappa shape index (κ2) is 5.29. The maximum Gasteiger partial charge on any atom is 0.100 e. The summed E-state index contributed by atoms with van der Waals surface area (Å²) in [6, 6.07) is 5.00. The summed E-state index contributed by atoms with van der Waals surface area (Å²) in [6.45, 7) is 5.11. The Hall–Kier alpha value is -0.420. The summed E-state index contributed by atoms with van der Waals surface area (Å²) in [5.74, 6) is 0. The monoisotopic (exact) mass is 267 g/mol. The third-order valence-electron chi connectivity index (χ3n) is 4.04. The Morgan fingerprint density at radius 3 is 3.11 bits per heavy atom. The van der Waals surface area contributed by atoms with Crippen molar-refractivity contribution in [3.63, 3.8) is 0 Å². The molecular weight excluding hydrogens is 246 g/mol. The van der Waals surface area contributed by atoms with E-state index in [2.05, 4.69) is 24.0 Å². The van der Waals surface area contributed by atoms with Crippen molar-refractivity contribution in [2.45, 2.75) is 44.6 Å². The predicted molar refractivity (Wildman–Crippen MR) is 73.0 cm³/mol. The average Bonchev–Trinajstić information content (AvgIpc) is 2.95. The fourth-order valence-corrected chi connectivity index (χ4v) is 4.08. The lowest BCUT2D eigenvalue weighted by molar-refractivity contribution is -0.0655. The maximum absolute atomic E-state index is 5.92. The van der Waals surface area contributed by atoms with E-state index < -0.39 is 0 Å². The quantitative estimate of drug-likeness (QED) is 0.839. The van der Waals surface area contributed by atoms with Gasteiger partial charge >= 0.3 is 0 Å². The van der Waals surface area contributed by atoms with Crippen molar-refractivity contribution in [1.82, 2.24) is 4.90 Å². The van der Waals surface area contributed by atoms with E-state index in [1.807, 2.05) is 11.3 Å². The number of aryl methyl sites for hydroxylation is 1. The van der Waals surface area contributed by atoms with Gasteiger partial charge in [-0.05, 0) is 31.9 Å². The van der Waals surface area contributed by atoms with Gasteiger partial charge in [0.2, 0.25) is 0 Å². The number of nitrogens with zero attached hydrogens (tertiary/aromatic N) is 1. The standard InChI is InChI=1S/C14H21NO2S/c1-10-5-6-11(18-10)8-15-9-13(16-2)14-12(15)4-3-7-17-14/h5-6,12-14H,3-4,7-9H2,1-2H3/t12-,13+,14+/m1/s1. The molecule has 0 N–H and O–H groups in total. The van der Waals surface area contributed by atoms with Gasteiger partial charge in [0.25, 0.3) is 0 Å². The SMILES string of the molecule is CO[C@H]1CN(Cc2ccc(C)s2)[C@@H]2CCCO[C@H]12. The zero-order valence-corrected chi connectivity index (χ0v) is 11.9. The normalized spacial score (nSPS) is 32.7. The summed E-state index contributed by atoms with van der Waals surface area (Å²) in [7, 11) is 1.80. The van der Waals surface area contributed by atoms with E-state index in [9.17, 15) is 0 Å². The van der Waals surface area contributed by atoms with Crippen molar-refractivity contribution in [2.24, 2.45) is 0 Å². The zero-order chi connectivity index (χ0) is 12.5. The van der Waals surface area contributed by atoms with Crippen molar-refractivity contribution >= 4 is 11.3 Å². The summed E-state index contributed by atoms with van der Waals surface area (Å²) in [5, 5.41) is 0. The molecule has 3 atom stereocenters. The number of likely N-dealkylation sites (tertiary alicyclic amines) is 1. The van der Waals surface area contributed by atoms with Crippen LogP contribution in [0.2, 0.25) is 0 Å². The van der Waals surface area contributed by atoms with E-state index in [0.29, 0.717) is 6.04 Å². The molecule has 0 spiro atoms. The minimum absolute atomic E-state index is 0.247. The van der Waals surface area contributed by atoms with Crippen molar-refractivity contribution in [3.05, 3.63) is 21.9 Å². The average molecular weight is 267 g/mol. The summed E-state index contributed by atoms with van der Waals surface area (Å²) in [6.07, 6.45) is 2.95. The molecule has 3 heterocycles. The first-order chi connectivity index (χ1) is 8.78. The van der Waals surface area contributed by atoms with Gasteiger partial charge in [-0.3, -0.25) is 4.90 Å². The van der Waals surface area contributed by atoms with Gasteiger partial charge in [-0.2, -0.15) is 0 Å². The Balaban J connectivity index is 1.72. The van der Waals surface area contributed by atoms with Crippen molar-refractivity contribution in [3.8, 4) is 0 Å². The van der Waals surface area contributed by atoms with Gasteiger partial charge in [-0.25, -0.2) is 0 Å². The molecule has 0 saturated carbocycles. The van der Waals surface area contributed by atoms with Gasteiger partial charge in [0, 0.05) is 42.6 Å². The molecule has 0 aliphatic carbocycles. The van der Waals surface area contributed by atoms with Crippen LogP contribution in [0.1, 0.15) is 22.6 Å². The van der Waals surface area contributed by atoms with E-state index >= 15 is 0 Å². The molecule has 3 rings (SSSR count). The lowest BCUT2D eigenvalue weighted by Crippen LogP contribution is -2.41. The van der Waals surface area contributed by atoms with Crippen molar-refractivity contribution in [2.75, 3.05) is 20.3 Å². The molecule has 3 nitrogen and oxygen atoms in total. The van der Waals surface area contributed by atoms with Crippen LogP contribution in [0.3, 0.4) is 0 Å². The molecule has 100 valence electrons. The highest BCUT2D eigenvalue weighted by atomic mass is 32.1. The second-order valence-corrected chi connectivity index (χ2v) is 6.63. The van der Waals surface area contributed by atoms with E-state index in [4.69, 9.17) is 9.47 Å². The van der Waals surface area contributed by atoms with Gasteiger partial charge in [-0.15, -0.1) is 11.3 Å². The molecule has 1 aromatic rings. The number of hydrogen-bond donors (Lipinski definition) is 0. The fourth-order valence-electron chi connectivity index (χ4n) is 3.16. The van der Waals surface area contributed by atoms with Gasteiger partial charge < -0.3 is 9.47 Å². The molecule has 0 amide bonds. The Morgan fingerprint density at radius 1 is 1.50 bits per heavy atom. The Kier molecular flexibility index (Phi) is 3.71. The first kappa shape index (κ1) is 12.6. The third-order valence-corrected chi connectivity index (χ3v) is 5.03. The fraction of sp³-hybridized carbons (Fsp3) is 0.714. The molecule has 1 aromatic heterocycles. The van der Waals surface area contributed by atoms with Crippen LogP contribution in [0, 0.1) is 6.92 Å². The number of thiophene rings is 1. The van der Waals surface area contributed by atoms with E-state index in [0.717, 1.165) is 19.7 Å². The summed E-state index contributed by atoms with van der Waals surface area (Å²) in [5.41, 5.74) is 0. The number of fused-ring (bicyclic) bond motifs is 1. The maximum atomic E-state index is 5.92. The summed E-state index contributed by atoms with van der Waals surface area (Å²) < 4.78 is 11.5. The van der Waals surface area contributed by atoms with Gasteiger partial charge in [-0.1, -0.05) is 0 Å². The zero-order valence-electron chi connectivity index (χ0n) is 11.1. The molecule has 2 saturated heterocycles. The topological polar surface area (TPSA) is 21.7 Å². The van der Waals surface area contributed by atoms with Gasteiger partial charge in [0.1, 0.15) is 6.10 Å². The van der Waals surface area contributed by atoms with Crippen molar-refractivity contribution < 1.29 is 9.47 Å². The third kappa shape index (κ3) is 2.35. The number of rotatable bonds is 3. The summed E-state index contributed by atoms with van der Waals surface area (Å²) >= 11 is 1.90. The predicted octanol–water partition coefficient (Wildman–Crippen LogP) is 2.43. The van der Waals surface area contributed by atoms with Crippen molar-refractivity contribution in [1.29, 1.82) is 0 Å². The van der Waals surface area contributed by atoms with Crippen LogP contribution in [0.25, 0.3) is 0 Å². The lowest BCUT2D eigenvalue weighted by atomic mass is 10.0. The Morgan fingerprint density at radius 2 is 2.39 bits per heavy atom. The van der Waals surface area contributed by atoms with Crippen LogP contribution >= 0.6 is 11.3 Å². The minimum Gasteiger partial charge on any atom is -0.377 e. The molecule has 0 unspecified atom stereocenters. The highest BCUT2D eigenvalue weighted by Crippen LogP contribution is 2.32. The van der Waals surface area contributed by atoms with Gasteiger partial charge in [0.15, 0.2) is 0 Å². The molecule has 4 heteroatoms. The highest BCUT2D eigenvalue weighted by Gasteiger charge is 2.44. The smallest absolute Gasteiger partial charge is 0.100 e. The van der Waals surface area contributed by atoms with Crippen LogP contribution in [-0.2, 0) is 16.0 Å². The summed E-state index contributed by atoms with van der Waals surface area (Å²) in [4.78, 5) is 5.39. The van der Waals surface area contributed by atoms with Crippen LogP contribution < -0.4 is 0 Å². The Bertz CT molecular complexity index is 406. The van der Waals surface area contributed by atoms with E-state index in [1.54, 1.807) is 7.11 Å². The Labute approximate surface area is 113 Å². The van der Waals surface area contributed by atoms with Crippen LogP contribution in [0.4, 0.5) is 0 Å². The number of hydrogen-bond acceptors (Lipinski definition) is 4. The first-order valence-electron chi connectivity index (χ1n) is 6.71. The molecule has 0 bridgehead atoms. The molecule has 2 aliphatic heterocycles. The number of ether oxygens (including phenoxy) is 2. The molecule has 0 radical (unpaired) electrons. The molecule has 18 heavy (non-hydrogen) atoms. The van der Waals surface area contributed by atoms with Crippen LogP contribution in [-0.4, -0.2) is 43.4 Å². The van der Waals surface area contributed by atoms with Crippen LogP contribution in [0.15, 0.2) is 12.1 Å². The van der Waals surface area contributed by atoms with Crippen LogP contribution in [0.5, 0.6) is 0 Å². The molecule has 0 aromatic carbocycles. The lowest BCUT2D eigenvalue weighted by Gasteiger charge is -2.31. The highest BCUT2D eigenvalue weighted by molar-refractivity contribution is 7.11.